The number of Topliss-reactive ketones (excluding diaryl/α,β-unsaturated/α-hetero) is 1. The van der Waals surface area contributed by atoms with E-state index in [2.05, 4.69) is 5.32 Å². The third kappa shape index (κ3) is 5.17. The highest BCUT2D eigenvalue weighted by Crippen LogP contribution is 2.33. The Balaban J connectivity index is 1.61. The van der Waals surface area contributed by atoms with Gasteiger partial charge in [0.25, 0.3) is 0 Å². The van der Waals surface area contributed by atoms with Gasteiger partial charge in [-0.3, -0.25) is 4.79 Å². The summed E-state index contributed by atoms with van der Waals surface area (Å²) >= 11 is 1.07. The van der Waals surface area contributed by atoms with Crippen LogP contribution in [0.5, 0.6) is 0 Å². The van der Waals surface area contributed by atoms with E-state index >= 15 is 0 Å². The number of carbonyl (C=O) groups is 3. The zero-order chi connectivity index (χ0) is 21.7. The number of anilines is 1. The molecular weight excluding hydrogens is 408 g/mol. The van der Waals surface area contributed by atoms with Crippen LogP contribution in [-0.2, 0) is 16.1 Å². The molecule has 1 aliphatic heterocycles. The molecule has 2 atom stereocenters. The molecule has 1 amide bonds. The molecule has 0 aliphatic carbocycles. The number of ketones is 1. The first kappa shape index (κ1) is 21.8. The number of aromatic carboxylic acids is 1. The predicted molar refractivity (Wildman–Crippen MR) is 112 cm³/mol. The van der Waals surface area contributed by atoms with Crippen molar-refractivity contribution in [3.63, 3.8) is 0 Å². The van der Waals surface area contributed by atoms with Gasteiger partial charge in [0.1, 0.15) is 11.5 Å². The molecule has 0 bridgehead atoms. The van der Waals surface area contributed by atoms with Crippen LogP contribution in [0.3, 0.4) is 0 Å². The predicted octanol–water partition coefficient (Wildman–Crippen LogP) is 3.17. The summed E-state index contributed by atoms with van der Waals surface area (Å²) in [5.41, 5.74) is 1.11. The van der Waals surface area contributed by atoms with E-state index in [1.807, 2.05) is 35.2 Å². The van der Waals surface area contributed by atoms with Gasteiger partial charge in [-0.25, -0.2) is 9.59 Å². The Hall–Kier alpha value is -2.91. The maximum Gasteiger partial charge on any atom is 0.407 e. The number of amides is 1. The quantitative estimate of drug-likeness (QED) is 0.648. The lowest BCUT2D eigenvalue weighted by molar-refractivity contribution is 0.0547. The number of carbonyl (C=O) groups excluding carboxylic acids is 2. The summed E-state index contributed by atoms with van der Waals surface area (Å²) in [6.07, 6.45) is -0.226. The number of alkyl carbamates (subject to hydrolysis) is 1. The summed E-state index contributed by atoms with van der Waals surface area (Å²) in [4.78, 5) is 37.4. The molecule has 1 aromatic heterocycles. The zero-order valence-electron chi connectivity index (χ0n) is 16.8. The van der Waals surface area contributed by atoms with Crippen LogP contribution in [0, 0.1) is 0 Å². The number of carboxylic acids is 1. The van der Waals surface area contributed by atoms with Crippen molar-refractivity contribution in [1.29, 1.82) is 0 Å². The van der Waals surface area contributed by atoms with Crippen molar-refractivity contribution in [1.82, 2.24) is 5.32 Å². The van der Waals surface area contributed by atoms with Gasteiger partial charge in [-0.2, -0.15) is 0 Å². The van der Waals surface area contributed by atoms with Crippen LogP contribution >= 0.6 is 11.3 Å². The largest absolute Gasteiger partial charge is 0.477 e. The molecule has 2 aromatic rings. The molecule has 8 nitrogen and oxygen atoms in total. The van der Waals surface area contributed by atoms with Gasteiger partial charge in [-0.05, 0) is 25.0 Å². The fraction of sp³-hybridized carbons (Fsp3) is 0.381. The number of hydrogen-bond donors (Lipinski definition) is 2. The molecule has 0 spiro atoms. The highest BCUT2D eigenvalue weighted by Gasteiger charge is 2.32. The van der Waals surface area contributed by atoms with E-state index < -0.39 is 12.1 Å². The molecule has 1 aliphatic rings. The van der Waals surface area contributed by atoms with Crippen LogP contribution < -0.4 is 10.2 Å². The number of benzene rings is 1. The molecule has 1 fully saturated rings. The lowest BCUT2D eigenvalue weighted by Crippen LogP contribution is -2.54. The van der Waals surface area contributed by atoms with Crippen LogP contribution in [-0.4, -0.2) is 55.3 Å². The summed E-state index contributed by atoms with van der Waals surface area (Å²) in [5.74, 6) is -1.40. The van der Waals surface area contributed by atoms with E-state index in [1.165, 1.54) is 6.92 Å². The number of hydrogen-bond acceptors (Lipinski definition) is 7. The number of methoxy groups -OCH3 is 1. The first-order valence-corrected chi connectivity index (χ1v) is 10.3. The van der Waals surface area contributed by atoms with Gasteiger partial charge in [0.2, 0.25) is 0 Å². The van der Waals surface area contributed by atoms with Crippen molar-refractivity contribution in [3.05, 3.63) is 52.4 Å². The van der Waals surface area contributed by atoms with E-state index in [9.17, 15) is 19.5 Å². The van der Waals surface area contributed by atoms with Crippen molar-refractivity contribution in [2.75, 3.05) is 25.1 Å². The minimum atomic E-state index is -1.11. The van der Waals surface area contributed by atoms with Crippen LogP contribution in [0.25, 0.3) is 0 Å². The number of nitrogens with one attached hydrogen (secondary N) is 1. The molecular formula is C21H24N2O6S. The molecule has 9 heteroatoms. The summed E-state index contributed by atoms with van der Waals surface area (Å²) in [6, 6.07) is 10.8. The van der Waals surface area contributed by atoms with E-state index in [0.29, 0.717) is 24.5 Å². The zero-order valence-corrected chi connectivity index (χ0v) is 17.6. The van der Waals surface area contributed by atoms with Crippen molar-refractivity contribution in [2.24, 2.45) is 0 Å². The van der Waals surface area contributed by atoms with Crippen molar-refractivity contribution in [3.8, 4) is 0 Å². The number of ether oxygens (including phenoxy) is 2. The number of nitrogens with zero attached hydrogens (tertiary/aromatic N) is 1. The van der Waals surface area contributed by atoms with Crippen molar-refractivity contribution >= 4 is 34.2 Å². The Morgan fingerprint density at radius 2 is 2.00 bits per heavy atom. The fourth-order valence-electron chi connectivity index (χ4n) is 3.39. The smallest absolute Gasteiger partial charge is 0.407 e. The van der Waals surface area contributed by atoms with E-state index in [4.69, 9.17) is 9.47 Å². The second-order valence-corrected chi connectivity index (χ2v) is 8.04. The van der Waals surface area contributed by atoms with Crippen molar-refractivity contribution < 1.29 is 29.0 Å². The summed E-state index contributed by atoms with van der Waals surface area (Å²) in [6.45, 7) is 2.58. The third-order valence-electron chi connectivity index (χ3n) is 4.98. The minimum absolute atomic E-state index is 0.0382. The number of thiophene rings is 1. The maximum atomic E-state index is 12.2. The minimum Gasteiger partial charge on any atom is -0.477 e. The average molecular weight is 432 g/mol. The molecule has 0 radical (unpaired) electrons. The van der Waals surface area contributed by atoms with Gasteiger partial charge < -0.3 is 24.8 Å². The Labute approximate surface area is 178 Å². The van der Waals surface area contributed by atoms with E-state index in [0.717, 1.165) is 16.9 Å². The lowest BCUT2D eigenvalue weighted by atomic mass is 10.0. The van der Waals surface area contributed by atoms with Gasteiger partial charge in [0, 0.05) is 25.8 Å². The van der Waals surface area contributed by atoms with E-state index in [-0.39, 0.29) is 35.0 Å². The molecule has 30 heavy (non-hydrogen) atoms. The van der Waals surface area contributed by atoms with Crippen LogP contribution in [0.4, 0.5) is 9.80 Å². The fourth-order valence-corrected chi connectivity index (χ4v) is 4.47. The third-order valence-corrected chi connectivity index (χ3v) is 6.17. The first-order chi connectivity index (χ1) is 14.4. The molecule has 1 aromatic carbocycles. The normalized spacial score (nSPS) is 18.7. The van der Waals surface area contributed by atoms with Crippen molar-refractivity contribution in [2.45, 2.75) is 32.1 Å². The highest BCUT2D eigenvalue weighted by atomic mass is 32.1. The van der Waals surface area contributed by atoms with Gasteiger partial charge in [-0.1, -0.05) is 30.3 Å². The summed E-state index contributed by atoms with van der Waals surface area (Å²) in [5, 5.41) is 12.9. The molecule has 0 unspecified atom stereocenters. The van der Waals surface area contributed by atoms with Crippen LogP contribution in [0.15, 0.2) is 36.4 Å². The Morgan fingerprint density at radius 3 is 2.60 bits per heavy atom. The lowest BCUT2D eigenvalue weighted by Gasteiger charge is -2.38. The maximum absolute atomic E-state index is 12.2. The molecule has 1 saturated heterocycles. The van der Waals surface area contributed by atoms with Crippen LogP contribution in [0.1, 0.15) is 38.9 Å². The monoisotopic (exact) mass is 432 g/mol. The SMILES string of the molecule is CO[C@@H]1CN(c2cc(C(C)=O)c(C(=O)O)s2)CC[C@@H]1NC(=O)OCc1ccccc1. The van der Waals surface area contributed by atoms with E-state index in [1.54, 1.807) is 13.2 Å². The molecule has 2 heterocycles. The van der Waals surface area contributed by atoms with Crippen LogP contribution in [0.2, 0.25) is 0 Å². The van der Waals surface area contributed by atoms with Gasteiger partial charge >= 0.3 is 12.1 Å². The molecule has 0 saturated carbocycles. The summed E-state index contributed by atoms with van der Waals surface area (Å²) < 4.78 is 10.8. The molecule has 2 N–H and O–H groups in total. The summed E-state index contributed by atoms with van der Waals surface area (Å²) in [7, 11) is 1.57. The second kappa shape index (κ2) is 9.73. The first-order valence-electron chi connectivity index (χ1n) is 9.52. The standard InChI is InChI=1S/C21H24N2O6S/c1-13(24)15-10-18(30-19(15)20(25)26)23-9-8-16(17(11-23)28-2)22-21(27)29-12-14-6-4-3-5-7-14/h3-7,10,16-17H,8-9,11-12H2,1-2H3,(H,22,27)(H,25,26)/t16-,17+/m0/s1. The Bertz CT molecular complexity index is 882. The molecule has 3 rings (SSSR count). The van der Waals surface area contributed by atoms with Gasteiger partial charge in [0.15, 0.2) is 5.78 Å². The Morgan fingerprint density at radius 1 is 1.27 bits per heavy atom. The average Bonchev–Trinajstić information content (AvgIpc) is 3.19. The number of piperidine rings is 1. The highest BCUT2D eigenvalue weighted by molar-refractivity contribution is 7.18. The van der Waals surface area contributed by atoms with Gasteiger partial charge in [0.05, 0.1) is 17.1 Å². The number of rotatable bonds is 7. The number of carboxylic acid groups (broad SMARTS) is 1. The molecule has 160 valence electrons. The van der Waals surface area contributed by atoms with Gasteiger partial charge in [-0.15, -0.1) is 11.3 Å². The Kier molecular flexibility index (Phi) is 7.07. The second-order valence-electron chi connectivity index (χ2n) is 7.01. The topological polar surface area (TPSA) is 105 Å².